The van der Waals surface area contributed by atoms with Crippen LogP contribution in [0.3, 0.4) is 0 Å². The number of hydrogen-bond donors (Lipinski definition) is 0. The summed E-state index contributed by atoms with van der Waals surface area (Å²) >= 11 is 0. The van der Waals surface area contributed by atoms with E-state index in [-0.39, 0.29) is 0 Å². The molecule has 1 aliphatic heterocycles. The van der Waals surface area contributed by atoms with Crippen LogP contribution in [-0.2, 0) is 11.3 Å². The van der Waals surface area contributed by atoms with Gasteiger partial charge >= 0.3 is 0 Å². The molecule has 1 saturated heterocycles. The number of aromatic nitrogens is 1. The number of hydrogen-bond acceptors (Lipinski definition) is 7. The molecule has 0 spiro atoms. The molecule has 2 aromatic carbocycles. The molecule has 0 radical (unpaired) electrons. The van der Waals surface area contributed by atoms with Gasteiger partial charge < -0.3 is 19.1 Å². The summed E-state index contributed by atoms with van der Waals surface area (Å²) in [6.45, 7) is 5.57. The highest BCUT2D eigenvalue weighted by atomic mass is 16.5. The van der Waals surface area contributed by atoms with Crippen molar-refractivity contribution in [1.29, 1.82) is 0 Å². The molecule has 0 saturated carbocycles. The van der Waals surface area contributed by atoms with E-state index in [0.717, 1.165) is 41.1 Å². The summed E-state index contributed by atoms with van der Waals surface area (Å²) in [6.07, 6.45) is 0. The molecule has 7 nitrogen and oxygen atoms in total. The molecule has 0 unspecified atom stereocenters. The van der Waals surface area contributed by atoms with Crippen molar-refractivity contribution in [3.05, 3.63) is 53.6 Å². The van der Waals surface area contributed by atoms with Gasteiger partial charge in [-0.15, -0.1) is 0 Å². The monoisotopic (exact) mass is 406 g/mol. The first-order valence-electron chi connectivity index (χ1n) is 10.0. The summed E-state index contributed by atoms with van der Waals surface area (Å²) < 4.78 is 16.4. The number of anilines is 1. The minimum Gasteiger partial charge on any atom is -0.493 e. The molecule has 2 heterocycles. The summed E-state index contributed by atoms with van der Waals surface area (Å²) in [6, 6.07) is 14.1. The Kier molecular flexibility index (Phi) is 6.09. The maximum atomic E-state index is 5.48. The summed E-state index contributed by atoms with van der Waals surface area (Å²) in [5, 5.41) is 9.92. The largest absolute Gasteiger partial charge is 0.493 e. The Hall–Kier alpha value is -3.19. The van der Waals surface area contributed by atoms with E-state index in [2.05, 4.69) is 40.3 Å². The average molecular weight is 406 g/mol. The number of ether oxygens (including phenoxy) is 3. The lowest BCUT2D eigenvalue weighted by atomic mass is 10.1. The minimum atomic E-state index is 0.520. The van der Waals surface area contributed by atoms with Crippen molar-refractivity contribution in [2.24, 2.45) is 10.2 Å². The summed E-state index contributed by atoms with van der Waals surface area (Å²) in [4.78, 5) is 7.06. The van der Waals surface area contributed by atoms with Crippen molar-refractivity contribution in [2.75, 3.05) is 45.4 Å². The third-order valence-electron chi connectivity index (χ3n) is 5.13. The Balaban J connectivity index is 1.74. The molecular formula is C23H26N4O3. The topological polar surface area (TPSA) is 68.5 Å². The molecule has 156 valence electrons. The van der Waals surface area contributed by atoms with E-state index < -0.39 is 0 Å². The lowest BCUT2D eigenvalue weighted by molar-refractivity contribution is 0.122. The number of benzene rings is 2. The highest BCUT2D eigenvalue weighted by Crippen LogP contribution is 2.37. The Bertz CT molecular complexity index is 1060. The van der Waals surface area contributed by atoms with Crippen molar-refractivity contribution in [1.82, 2.24) is 4.98 Å². The molecule has 0 atom stereocenters. The van der Waals surface area contributed by atoms with Gasteiger partial charge in [0.1, 0.15) is 5.82 Å². The molecule has 0 amide bonds. The number of rotatable bonds is 6. The van der Waals surface area contributed by atoms with Crippen LogP contribution >= 0.6 is 0 Å². The quantitative estimate of drug-likeness (QED) is 0.556. The van der Waals surface area contributed by atoms with Gasteiger partial charge in [0.25, 0.3) is 0 Å². The van der Waals surface area contributed by atoms with Crippen molar-refractivity contribution >= 4 is 22.4 Å². The van der Waals surface area contributed by atoms with Gasteiger partial charge in [-0.2, -0.15) is 10.2 Å². The van der Waals surface area contributed by atoms with Crippen LogP contribution in [0.5, 0.6) is 11.5 Å². The molecule has 30 heavy (non-hydrogen) atoms. The number of nitrogens with zero attached hydrogens (tertiary/aromatic N) is 4. The third kappa shape index (κ3) is 4.36. The first kappa shape index (κ1) is 20.1. The predicted octanol–water partition coefficient (Wildman–Crippen LogP) is 4.68. The third-order valence-corrected chi connectivity index (χ3v) is 5.13. The lowest BCUT2D eigenvalue weighted by Crippen LogP contribution is -2.36. The van der Waals surface area contributed by atoms with Crippen LogP contribution in [0.2, 0.25) is 0 Å². The molecule has 1 fully saturated rings. The maximum absolute atomic E-state index is 5.48. The van der Waals surface area contributed by atoms with E-state index in [0.29, 0.717) is 31.3 Å². The molecule has 0 bridgehead atoms. The molecular weight excluding hydrogens is 380 g/mol. The average Bonchev–Trinajstić information content (AvgIpc) is 2.78. The van der Waals surface area contributed by atoms with E-state index in [4.69, 9.17) is 19.2 Å². The van der Waals surface area contributed by atoms with Crippen molar-refractivity contribution in [2.45, 2.75) is 13.5 Å². The fourth-order valence-corrected chi connectivity index (χ4v) is 3.56. The van der Waals surface area contributed by atoms with E-state index in [9.17, 15) is 0 Å². The Morgan fingerprint density at radius 2 is 1.80 bits per heavy atom. The maximum Gasteiger partial charge on any atom is 0.162 e. The molecule has 3 aromatic rings. The summed E-state index contributed by atoms with van der Waals surface area (Å²) in [5.74, 6) is 2.14. The number of morpholine rings is 1. The second-order valence-electron chi connectivity index (χ2n) is 7.21. The normalized spacial score (nSPS) is 14.4. The van der Waals surface area contributed by atoms with E-state index in [1.807, 2.05) is 24.3 Å². The van der Waals surface area contributed by atoms with Gasteiger partial charge in [0.05, 0.1) is 45.2 Å². The van der Waals surface area contributed by atoms with Gasteiger partial charge in [0.15, 0.2) is 11.5 Å². The Morgan fingerprint density at radius 3 is 2.53 bits per heavy atom. The van der Waals surface area contributed by atoms with Gasteiger partial charge in [-0.3, -0.25) is 0 Å². The SMILES string of the molecule is COc1cc2nc(N3CCOCC3)cc(N=NCc3cccc(C)c3)c2cc1OC. The fourth-order valence-electron chi connectivity index (χ4n) is 3.56. The Morgan fingerprint density at radius 1 is 1.03 bits per heavy atom. The molecule has 7 heteroatoms. The summed E-state index contributed by atoms with van der Waals surface area (Å²) in [5.41, 5.74) is 3.89. The highest BCUT2D eigenvalue weighted by Gasteiger charge is 2.17. The minimum absolute atomic E-state index is 0.520. The first-order chi connectivity index (χ1) is 14.7. The number of aryl methyl sites for hydroxylation is 1. The van der Waals surface area contributed by atoms with Crippen LogP contribution in [0.25, 0.3) is 10.9 Å². The van der Waals surface area contributed by atoms with Crippen LogP contribution in [0.4, 0.5) is 11.5 Å². The molecule has 0 N–H and O–H groups in total. The number of azo groups is 1. The number of pyridine rings is 1. The zero-order chi connectivity index (χ0) is 20.9. The van der Waals surface area contributed by atoms with Gasteiger partial charge in [-0.05, 0) is 18.6 Å². The van der Waals surface area contributed by atoms with Gasteiger partial charge in [-0.1, -0.05) is 29.8 Å². The predicted molar refractivity (Wildman–Crippen MR) is 117 cm³/mol. The standard InChI is InChI=1S/C23H26N4O3/c1-16-5-4-6-17(11-16)15-24-26-20-14-23(27-7-9-30-10-8-27)25-19-13-22(29-3)21(28-2)12-18(19)20/h4-6,11-14H,7-10,15H2,1-3H3. The molecule has 1 aliphatic rings. The smallest absolute Gasteiger partial charge is 0.162 e. The van der Waals surface area contributed by atoms with E-state index in [1.165, 1.54) is 5.56 Å². The van der Waals surface area contributed by atoms with E-state index >= 15 is 0 Å². The van der Waals surface area contributed by atoms with Gasteiger partial charge in [0.2, 0.25) is 0 Å². The second kappa shape index (κ2) is 9.09. The van der Waals surface area contributed by atoms with Crippen LogP contribution in [0.15, 0.2) is 52.7 Å². The van der Waals surface area contributed by atoms with Gasteiger partial charge in [0, 0.05) is 30.6 Å². The van der Waals surface area contributed by atoms with Crippen molar-refractivity contribution in [3.8, 4) is 11.5 Å². The van der Waals surface area contributed by atoms with Crippen LogP contribution < -0.4 is 14.4 Å². The zero-order valence-corrected chi connectivity index (χ0v) is 17.6. The zero-order valence-electron chi connectivity index (χ0n) is 17.6. The summed E-state index contributed by atoms with van der Waals surface area (Å²) in [7, 11) is 3.25. The highest BCUT2D eigenvalue weighted by molar-refractivity contribution is 5.94. The van der Waals surface area contributed by atoms with Crippen LogP contribution in [-0.4, -0.2) is 45.5 Å². The Labute approximate surface area is 176 Å². The fraction of sp³-hybridized carbons (Fsp3) is 0.348. The number of methoxy groups -OCH3 is 2. The molecule has 0 aliphatic carbocycles. The second-order valence-corrected chi connectivity index (χ2v) is 7.21. The lowest BCUT2D eigenvalue weighted by Gasteiger charge is -2.28. The number of fused-ring (bicyclic) bond motifs is 1. The van der Waals surface area contributed by atoms with Crippen LogP contribution in [0, 0.1) is 6.92 Å². The van der Waals surface area contributed by atoms with Crippen LogP contribution in [0.1, 0.15) is 11.1 Å². The van der Waals surface area contributed by atoms with Crippen molar-refractivity contribution < 1.29 is 14.2 Å². The molecule has 4 rings (SSSR count). The van der Waals surface area contributed by atoms with E-state index in [1.54, 1.807) is 14.2 Å². The molecule has 1 aromatic heterocycles. The van der Waals surface area contributed by atoms with Gasteiger partial charge in [-0.25, -0.2) is 4.98 Å². The van der Waals surface area contributed by atoms with Crippen molar-refractivity contribution in [3.63, 3.8) is 0 Å². The first-order valence-corrected chi connectivity index (χ1v) is 10.0.